The van der Waals surface area contributed by atoms with E-state index in [2.05, 4.69) is 15.9 Å². The number of ether oxygens (including phenoxy) is 2. The Kier molecular flexibility index (Phi) is 8.12. The Morgan fingerprint density at radius 2 is 2.15 bits per heavy atom. The summed E-state index contributed by atoms with van der Waals surface area (Å²) in [6.45, 7) is 4.62. The van der Waals surface area contributed by atoms with E-state index in [0.717, 1.165) is 22.9 Å². The van der Waals surface area contributed by atoms with Gasteiger partial charge in [0.1, 0.15) is 16.6 Å². The molecule has 8 heteroatoms. The zero-order chi connectivity index (χ0) is 19.1. The highest BCUT2D eigenvalue weighted by molar-refractivity contribution is 9.10. The van der Waals surface area contributed by atoms with Gasteiger partial charge < -0.3 is 9.47 Å². The Morgan fingerprint density at radius 1 is 1.38 bits per heavy atom. The summed E-state index contributed by atoms with van der Waals surface area (Å²) in [4.78, 5) is 26.2. The highest BCUT2D eigenvalue weighted by Crippen LogP contribution is 2.35. The first-order valence-corrected chi connectivity index (χ1v) is 10.3. The van der Waals surface area contributed by atoms with Crippen LogP contribution in [0.5, 0.6) is 5.75 Å². The van der Waals surface area contributed by atoms with Crippen molar-refractivity contribution in [1.29, 1.82) is 0 Å². The number of halogens is 1. The molecule has 1 heterocycles. The lowest BCUT2D eigenvalue weighted by molar-refractivity contribution is -0.146. The Bertz CT molecular complexity index is 736. The number of thiocarbonyl (C=S) groups is 1. The Labute approximate surface area is 171 Å². The predicted octanol–water partition coefficient (Wildman–Crippen LogP) is 4.39. The van der Waals surface area contributed by atoms with E-state index in [1.807, 2.05) is 32.0 Å². The molecule has 0 bridgehead atoms. The molecule has 2 rings (SSSR count). The van der Waals surface area contributed by atoms with Crippen molar-refractivity contribution in [1.82, 2.24) is 4.90 Å². The van der Waals surface area contributed by atoms with Gasteiger partial charge in [-0.2, -0.15) is 0 Å². The summed E-state index contributed by atoms with van der Waals surface area (Å²) in [5.41, 5.74) is 0.771. The zero-order valence-electron chi connectivity index (χ0n) is 14.6. The van der Waals surface area contributed by atoms with Crippen molar-refractivity contribution in [3.63, 3.8) is 0 Å². The summed E-state index contributed by atoms with van der Waals surface area (Å²) in [6.07, 6.45) is 3.47. The molecule has 0 saturated carbocycles. The molecule has 0 unspecified atom stereocenters. The second kappa shape index (κ2) is 10.1. The van der Waals surface area contributed by atoms with Crippen molar-refractivity contribution >= 4 is 62.2 Å². The van der Waals surface area contributed by atoms with Crippen LogP contribution in [0.25, 0.3) is 6.08 Å². The van der Waals surface area contributed by atoms with Crippen LogP contribution in [0.4, 0.5) is 0 Å². The molecule has 0 aliphatic carbocycles. The fourth-order valence-corrected chi connectivity index (χ4v) is 3.83. The van der Waals surface area contributed by atoms with Crippen molar-refractivity contribution in [2.45, 2.75) is 26.7 Å². The molecule has 1 amide bonds. The van der Waals surface area contributed by atoms with Crippen molar-refractivity contribution in [2.75, 3.05) is 19.8 Å². The third-order valence-corrected chi connectivity index (χ3v) is 5.35. The highest BCUT2D eigenvalue weighted by atomic mass is 79.9. The third-order valence-electron chi connectivity index (χ3n) is 3.48. The second-order valence-corrected chi connectivity index (χ2v) is 8.05. The lowest BCUT2D eigenvalue weighted by Crippen LogP contribution is -2.34. The van der Waals surface area contributed by atoms with Crippen LogP contribution < -0.4 is 4.74 Å². The second-order valence-electron chi connectivity index (χ2n) is 5.46. The molecule has 140 valence electrons. The first kappa shape index (κ1) is 20.9. The molecule has 1 aliphatic heterocycles. The van der Waals surface area contributed by atoms with E-state index in [1.165, 1.54) is 16.7 Å². The van der Waals surface area contributed by atoms with Crippen LogP contribution in [0.1, 0.15) is 32.3 Å². The highest BCUT2D eigenvalue weighted by Gasteiger charge is 2.34. The lowest BCUT2D eigenvalue weighted by atomic mass is 10.2. The average Bonchev–Trinajstić information content (AvgIpc) is 2.85. The first-order chi connectivity index (χ1) is 12.5. The molecule has 1 aliphatic rings. The molecule has 5 nitrogen and oxygen atoms in total. The normalized spacial score (nSPS) is 15.7. The smallest absolute Gasteiger partial charge is 0.326 e. The monoisotopic (exact) mass is 457 g/mol. The van der Waals surface area contributed by atoms with Crippen LogP contribution >= 0.6 is 39.9 Å². The van der Waals surface area contributed by atoms with Crippen LogP contribution in [-0.2, 0) is 14.3 Å². The predicted molar refractivity (Wildman–Crippen MR) is 111 cm³/mol. The van der Waals surface area contributed by atoms with Crippen LogP contribution in [0.15, 0.2) is 27.6 Å². The van der Waals surface area contributed by atoms with E-state index in [0.29, 0.717) is 28.2 Å². The topological polar surface area (TPSA) is 55.8 Å². The average molecular weight is 458 g/mol. The van der Waals surface area contributed by atoms with Gasteiger partial charge in [-0.05, 0) is 37.6 Å². The van der Waals surface area contributed by atoms with E-state index < -0.39 is 5.97 Å². The van der Waals surface area contributed by atoms with Crippen LogP contribution in [0.3, 0.4) is 0 Å². The van der Waals surface area contributed by atoms with E-state index in [9.17, 15) is 9.59 Å². The Balaban J connectivity index is 2.14. The SMILES string of the molecule is CCCCOC(=O)CN1C(=O)/C(=C/c2cc(Br)ccc2OCC)SC1=S. The molecule has 0 spiro atoms. The van der Waals surface area contributed by atoms with Crippen molar-refractivity contribution in [3.8, 4) is 5.75 Å². The fourth-order valence-electron chi connectivity index (χ4n) is 2.20. The van der Waals surface area contributed by atoms with Gasteiger partial charge in [-0.1, -0.05) is 53.3 Å². The number of carbonyl (C=O) groups excluding carboxylic acids is 2. The van der Waals surface area contributed by atoms with Crippen LogP contribution in [0, 0.1) is 0 Å². The summed E-state index contributed by atoms with van der Waals surface area (Å²) in [5, 5.41) is 0. The molecule has 0 aromatic heterocycles. The largest absolute Gasteiger partial charge is 0.493 e. The minimum atomic E-state index is -0.450. The molecule has 0 N–H and O–H groups in total. The van der Waals surface area contributed by atoms with E-state index in [-0.39, 0.29) is 12.5 Å². The zero-order valence-corrected chi connectivity index (χ0v) is 17.8. The minimum absolute atomic E-state index is 0.164. The number of rotatable bonds is 8. The number of nitrogens with zero attached hydrogens (tertiary/aromatic N) is 1. The van der Waals surface area contributed by atoms with E-state index in [1.54, 1.807) is 6.08 Å². The number of benzene rings is 1. The molecule has 1 fully saturated rings. The number of unbranched alkanes of at least 4 members (excludes halogenated alkanes) is 1. The number of amides is 1. The summed E-state index contributed by atoms with van der Waals surface area (Å²) in [7, 11) is 0. The van der Waals surface area contributed by atoms with Gasteiger partial charge in [0.25, 0.3) is 5.91 Å². The number of carbonyl (C=O) groups is 2. The Hall–Kier alpha value is -1.38. The maximum Gasteiger partial charge on any atom is 0.326 e. The van der Waals surface area contributed by atoms with Crippen LogP contribution in [0.2, 0.25) is 0 Å². The van der Waals surface area contributed by atoms with E-state index >= 15 is 0 Å². The molecule has 26 heavy (non-hydrogen) atoms. The standard InChI is InChI=1S/C18H20BrNO4S2/c1-3-5-8-24-16(21)11-20-17(22)15(26-18(20)25)10-12-9-13(19)6-7-14(12)23-4-2/h6-7,9-10H,3-5,8,11H2,1-2H3/b15-10-. The van der Waals surface area contributed by atoms with Gasteiger partial charge in [0.15, 0.2) is 0 Å². The summed E-state index contributed by atoms with van der Waals surface area (Å²) < 4.78 is 11.9. The van der Waals surface area contributed by atoms with Gasteiger partial charge in [0, 0.05) is 10.0 Å². The van der Waals surface area contributed by atoms with Crippen molar-refractivity contribution in [3.05, 3.63) is 33.1 Å². The van der Waals surface area contributed by atoms with Gasteiger partial charge in [0.2, 0.25) is 0 Å². The van der Waals surface area contributed by atoms with Gasteiger partial charge in [-0.25, -0.2) is 0 Å². The van der Waals surface area contributed by atoms with Crippen molar-refractivity contribution in [2.24, 2.45) is 0 Å². The molecule has 1 aromatic rings. The first-order valence-electron chi connectivity index (χ1n) is 8.29. The van der Waals surface area contributed by atoms with Crippen LogP contribution in [-0.4, -0.2) is 40.9 Å². The molecular formula is C18H20BrNO4S2. The van der Waals surface area contributed by atoms with Gasteiger partial charge >= 0.3 is 5.97 Å². The maximum absolute atomic E-state index is 12.6. The maximum atomic E-state index is 12.6. The molecule has 1 aromatic carbocycles. The van der Waals surface area contributed by atoms with E-state index in [4.69, 9.17) is 21.7 Å². The number of hydrogen-bond acceptors (Lipinski definition) is 6. The quantitative estimate of drug-likeness (QED) is 0.249. The summed E-state index contributed by atoms with van der Waals surface area (Å²) in [5.74, 6) is -0.0664. The third kappa shape index (κ3) is 5.56. The number of hydrogen-bond donors (Lipinski definition) is 0. The minimum Gasteiger partial charge on any atom is -0.493 e. The van der Waals surface area contributed by atoms with Gasteiger partial charge in [-0.15, -0.1) is 0 Å². The Morgan fingerprint density at radius 3 is 2.85 bits per heavy atom. The van der Waals surface area contributed by atoms with Gasteiger partial charge in [-0.3, -0.25) is 14.5 Å². The summed E-state index contributed by atoms with van der Waals surface area (Å²) >= 11 is 9.85. The molecular weight excluding hydrogens is 438 g/mol. The molecule has 0 radical (unpaired) electrons. The van der Waals surface area contributed by atoms with Gasteiger partial charge in [0.05, 0.1) is 18.1 Å². The lowest BCUT2D eigenvalue weighted by Gasteiger charge is -2.13. The van der Waals surface area contributed by atoms with Crippen molar-refractivity contribution < 1.29 is 19.1 Å². The number of esters is 1. The summed E-state index contributed by atoms with van der Waals surface area (Å²) in [6, 6.07) is 5.58. The fraction of sp³-hybridized carbons (Fsp3) is 0.389. The number of thioether (sulfide) groups is 1. The molecule has 0 atom stereocenters. The molecule has 1 saturated heterocycles.